The number of methoxy groups -OCH3 is 1. The summed E-state index contributed by atoms with van der Waals surface area (Å²) in [4.78, 5) is 28.5. The molecule has 2 aliphatic heterocycles. The maximum absolute atomic E-state index is 13.8. The third-order valence-corrected chi connectivity index (χ3v) is 7.06. The molecule has 0 spiro atoms. The molecule has 0 aliphatic carbocycles. The van der Waals surface area contributed by atoms with Crippen molar-refractivity contribution in [2.45, 2.75) is 25.9 Å². The highest BCUT2D eigenvalue weighted by Crippen LogP contribution is 2.37. The largest absolute Gasteiger partial charge is 0.486 e. The monoisotopic (exact) mass is 513 g/mol. The highest BCUT2D eigenvalue weighted by Gasteiger charge is 2.33. The van der Waals surface area contributed by atoms with Crippen LogP contribution < -0.4 is 19.6 Å². The number of fused-ring (bicyclic) bond motifs is 4. The lowest BCUT2D eigenvalue weighted by Crippen LogP contribution is -2.46. The van der Waals surface area contributed by atoms with E-state index in [0.717, 1.165) is 11.1 Å². The number of nitrogens with zero attached hydrogens (tertiary/aromatic N) is 1. The van der Waals surface area contributed by atoms with E-state index in [4.69, 9.17) is 23.4 Å². The lowest BCUT2D eigenvalue weighted by atomic mass is 9.99. The van der Waals surface area contributed by atoms with Crippen LogP contribution in [-0.2, 0) is 22.5 Å². The van der Waals surface area contributed by atoms with E-state index in [-0.39, 0.29) is 18.1 Å². The highest BCUT2D eigenvalue weighted by molar-refractivity contribution is 5.87. The Morgan fingerprint density at radius 2 is 1.74 bits per heavy atom. The van der Waals surface area contributed by atoms with Gasteiger partial charge in [0, 0.05) is 6.54 Å². The van der Waals surface area contributed by atoms with Gasteiger partial charge in [0.2, 0.25) is 5.43 Å². The van der Waals surface area contributed by atoms with Crippen LogP contribution in [0.1, 0.15) is 16.9 Å². The molecule has 1 aromatic heterocycles. The van der Waals surface area contributed by atoms with Crippen LogP contribution >= 0.6 is 0 Å². The maximum atomic E-state index is 13.8. The minimum Gasteiger partial charge on any atom is -0.486 e. The number of hydrogen-bond donors (Lipinski definition) is 0. The molecular weight excluding hydrogens is 486 g/mol. The van der Waals surface area contributed by atoms with Crippen LogP contribution in [0, 0.1) is 6.92 Å². The Morgan fingerprint density at radius 1 is 0.974 bits per heavy atom. The SMILES string of the molecule is COC(=O)C(Cc1ccccc1)N1COc2ccc3c(=O)c(-c4ccc5c(c4)OCCO5)c(C)oc3c2C1. The second-order valence-corrected chi connectivity index (χ2v) is 9.39. The van der Waals surface area contributed by atoms with Crippen molar-refractivity contribution in [3.63, 3.8) is 0 Å². The Morgan fingerprint density at radius 3 is 2.53 bits per heavy atom. The summed E-state index contributed by atoms with van der Waals surface area (Å²) in [6.45, 7) is 3.31. The Kier molecular flexibility index (Phi) is 6.25. The van der Waals surface area contributed by atoms with Crippen molar-refractivity contribution in [1.82, 2.24) is 4.90 Å². The molecule has 0 fully saturated rings. The number of esters is 1. The molecule has 0 saturated heterocycles. The summed E-state index contributed by atoms with van der Waals surface area (Å²) >= 11 is 0. The van der Waals surface area contributed by atoms with E-state index in [1.807, 2.05) is 53.4 Å². The van der Waals surface area contributed by atoms with Crippen molar-refractivity contribution in [3.8, 4) is 28.4 Å². The zero-order valence-electron chi connectivity index (χ0n) is 21.2. The number of hydrogen-bond acceptors (Lipinski definition) is 8. The lowest BCUT2D eigenvalue weighted by Gasteiger charge is -2.34. The molecule has 4 aromatic rings. The number of carbonyl (C=O) groups is 1. The van der Waals surface area contributed by atoms with Gasteiger partial charge in [0.1, 0.15) is 43.1 Å². The van der Waals surface area contributed by atoms with Crippen LogP contribution in [-0.4, -0.2) is 44.0 Å². The van der Waals surface area contributed by atoms with E-state index in [9.17, 15) is 9.59 Å². The Hall–Kier alpha value is -4.30. The van der Waals surface area contributed by atoms with Crippen LogP contribution in [0.5, 0.6) is 17.2 Å². The Labute approximate surface area is 219 Å². The quantitative estimate of drug-likeness (QED) is 0.361. The fourth-order valence-corrected chi connectivity index (χ4v) is 5.16. The van der Waals surface area contributed by atoms with Gasteiger partial charge in [-0.2, -0.15) is 0 Å². The molecule has 0 N–H and O–H groups in total. The first-order valence-electron chi connectivity index (χ1n) is 12.5. The van der Waals surface area contributed by atoms with Crippen LogP contribution in [0.3, 0.4) is 0 Å². The van der Waals surface area contributed by atoms with Crippen molar-refractivity contribution < 1.29 is 28.2 Å². The van der Waals surface area contributed by atoms with E-state index in [1.54, 1.807) is 19.1 Å². The molecule has 0 radical (unpaired) electrons. The smallest absolute Gasteiger partial charge is 0.323 e. The number of ether oxygens (including phenoxy) is 4. The molecule has 2 aliphatic rings. The van der Waals surface area contributed by atoms with E-state index in [0.29, 0.717) is 71.3 Å². The first-order valence-corrected chi connectivity index (χ1v) is 12.5. The van der Waals surface area contributed by atoms with Crippen molar-refractivity contribution in [2.75, 3.05) is 27.1 Å². The van der Waals surface area contributed by atoms with Gasteiger partial charge in [-0.15, -0.1) is 0 Å². The van der Waals surface area contributed by atoms with Gasteiger partial charge in [-0.05, 0) is 48.7 Å². The van der Waals surface area contributed by atoms with Crippen LogP contribution in [0.25, 0.3) is 22.1 Å². The normalized spacial score (nSPS) is 15.4. The minimum atomic E-state index is -0.560. The molecule has 3 aromatic carbocycles. The maximum Gasteiger partial charge on any atom is 0.323 e. The van der Waals surface area contributed by atoms with E-state index >= 15 is 0 Å². The van der Waals surface area contributed by atoms with Gasteiger partial charge in [-0.25, -0.2) is 0 Å². The standard InChI is InChI=1S/C30H27NO7/c1-18-27(20-8-10-25-26(15-20)36-13-12-35-25)28(32)21-9-11-24-22(29(21)38-18)16-31(17-37-24)23(30(33)34-2)14-19-6-4-3-5-7-19/h3-11,15,23H,12-14,16-17H2,1-2H3. The second kappa shape index (κ2) is 9.87. The summed E-state index contributed by atoms with van der Waals surface area (Å²) in [6.07, 6.45) is 0.466. The summed E-state index contributed by atoms with van der Waals surface area (Å²) in [5, 5.41) is 0.447. The number of benzene rings is 3. The molecular formula is C30H27NO7. The molecule has 6 rings (SSSR count). The predicted molar refractivity (Wildman–Crippen MR) is 141 cm³/mol. The summed E-state index contributed by atoms with van der Waals surface area (Å²) in [6, 6.07) is 18.2. The van der Waals surface area contributed by atoms with Gasteiger partial charge >= 0.3 is 5.97 Å². The van der Waals surface area contributed by atoms with Gasteiger partial charge in [0.05, 0.1) is 23.6 Å². The van der Waals surface area contributed by atoms with Gasteiger partial charge < -0.3 is 23.4 Å². The average Bonchev–Trinajstić information content (AvgIpc) is 2.95. The van der Waals surface area contributed by atoms with Crippen molar-refractivity contribution in [1.29, 1.82) is 0 Å². The molecule has 8 nitrogen and oxygen atoms in total. The zero-order chi connectivity index (χ0) is 26.2. The van der Waals surface area contributed by atoms with Crippen molar-refractivity contribution in [3.05, 3.63) is 87.8 Å². The molecule has 1 unspecified atom stereocenters. The van der Waals surface area contributed by atoms with Crippen molar-refractivity contribution >= 4 is 16.9 Å². The van der Waals surface area contributed by atoms with E-state index < -0.39 is 6.04 Å². The fraction of sp³-hybridized carbons (Fsp3) is 0.267. The van der Waals surface area contributed by atoms with Crippen LogP contribution in [0.2, 0.25) is 0 Å². The summed E-state index contributed by atoms with van der Waals surface area (Å²) in [5.74, 6) is 2.03. The topological polar surface area (TPSA) is 87.4 Å². The summed E-state index contributed by atoms with van der Waals surface area (Å²) in [7, 11) is 1.39. The van der Waals surface area contributed by atoms with Gasteiger partial charge in [0.25, 0.3) is 0 Å². The van der Waals surface area contributed by atoms with Gasteiger partial charge in [0.15, 0.2) is 11.5 Å². The Bertz CT molecular complexity index is 1580. The van der Waals surface area contributed by atoms with Gasteiger partial charge in [-0.1, -0.05) is 36.4 Å². The predicted octanol–water partition coefficient (Wildman–Crippen LogP) is 4.48. The third kappa shape index (κ3) is 4.26. The molecule has 3 heterocycles. The van der Waals surface area contributed by atoms with Crippen molar-refractivity contribution in [2.24, 2.45) is 0 Å². The molecule has 1 atom stereocenters. The highest BCUT2D eigenvalue weighted by atomic mass is 16.6. The summed E-state index contributed by atoms with van der Waals surface area (Å²) in [5.41, 5.74) is 3.22. The first-order chi connectivity index (χ1) is 18.5. The molecule has 194 valence electrons. The summed E-state index contributed by atoms with van der Waals surface area (Å²) < 4.78 is 28.8. The van der Waals surface area contributed by atoms with Crippen LogP contribution in [0.4, 0.5) is 0 Å². The molecule has 0 saturated carbocycles. The average molecular weight is 514 g/mol. The minimum absolute atomic E-state index is 0.144. The first kappa shape index (κ1) is 24.1. The molecule has 8 heteroatoms. The van der Waals surface area contributed by atoms with E-state index in [2.05, 4.69) is 0 Å². The van der Waals surface area contributed by atoms with Crippen LogP contribution in [0.15, 0.2) is 69.9 Å². The molecule has 0 amide bonds. The van der Waals surface area contributed by atoms with Gasteiger partial charge in [-0.3, -0.25) is 14.5 Å². The second-order valence-electron chi connectivity index (χ2n) is 9.39. The fourth-order valence-electron chi connectivity index (χ4n) is 5.16. The number of aryl methyl sites for hydroxylation is 1. The third-order valence-electron chi connectivity index (χ3n) is 7.06. The molecule has 0 bridgehead atoms. The Balaban J connectivity index is 1.39. The lowest BCUT2D eigenvalue weighted by molar-refractivity contribution is -0.149. The number of rotatable bonds is 5. The van der Waals surface area contributed by atoms with E-state index in [1.165, 1.54) is 7.11 Å². The number of carbonyl (C=O) groups excluding carboxylic acids is 1. The zero-order valence-corrected chi connectivity index (χ0v) is 21.2. The molecule has 38 heavy (non-hydrogen) atoms.